The van der Waals surface area contributed by atoms with Crippen LogP contribution in [0.4, 0.5) is 5.69 Å². The molecule has 0 bridgehead atoms. The molecule has 2 nitrogen and oxygen atoms in total. The first-order valence-corrected chi connectivity index (χ1v) is 7.20. The van der Waals surface area contributed by atoms with Gasteiger partial charge in [0.2, 0.25) is 0 Å². The van der Waals surface area contributed by atoms with Crippen LogP contribution in [0.1, 0.15) is 40.0 Å². The zero-order valence-corrected chi connectivity index (χ0v) is 11.7. The second-order valence-electron chi connectivity index (χ2n) is 6.58. The predicted molar refractivity (Wildman–Crippen MR) is 76.4 cm³/mol. The second kappa shape index (κ2) is 4.27. The van der Waals surface area contributed by atoms with Crippen LogP contribution >= 0.6 is 0 Å². The first-order chi connectivity index (χ1) is 8.59. The summed E-state index contributed by atoms with van der Waals surface area (Å²) in [5, 5.41) is 2.40. The molecule has 2 fully saturated rings. The summed E-state index contributed by atoms with van der Waals surface area (Å²) in [6.07, 6.45) is 4.06. The van der Waals surface area contributed by atoms with E-state index in [4.69, 9.17) is 0 Å². The third-order valence-corrected chi connectivity index (χ3v) is 4.91. The van der Waals surface area contributed by atoms with Gasteiger partial charge in [0.15, 0.2) is 0 Å². The highest BCUT2D eigenvalue weighted by molar-refractivity contribution is 5.49. The molecule has 1 aliphatic heterocycles. The summed E-state index contributed by atoms with van der Waals surface area (Å²) in [6, 6.07) is 11.4. The lowest BCUT2D eigenvalue weighted by Crippen LogP contribution is -2.46. The average Bonchev–Trinajstić information content (AvgIpc) is 2.61. The molecule has 0 spiro atoms. The molecule has 1 saturated heterocycles. The number of hydrogen-bond acceptors (Lipinski definition) is 2. The smallest absolute Gasteiger partial charge is 0.0551 e. The fourth-order valence-corrected chi connectivity index (χ4v) is 3.85. The Morgan fingerprint density at radius 2 is 1.89 bits per heavy atom. The van der Waals surface area contributed by atoms with Gasteiger partial charge in [0, 0.05) is 12.0 Å². The van der Waals surface area contributed by atoms with Crippen LogP contribution in [0.15, 0.2) is 30.3 Å². The van der Waals surface area contributed by atoms with Crippen LogP contribution in [0, 0.1) is 11.8 Å². The Morgan fingerprint density at radius 3 is 2.61 bits per heavy atom. The van der Waals surface area contributed by atoms with Crippen LogP contribution in [0.25, 0.3) is 0 Å². The third kappa shape index (κ3) is 1.83. The van der Waals surface area contributed by atoms with Gasteiger partial charge in [-0.2, -0.15) is 0 Å². The van der Waals surface area contributed by atoms with E-state index in [1.807, 2.05) is 0 Å². The Hall–Kier alpha value is -1.02. The highest BCUT2D eigenvalue weighted by Crippen LogP contribution is 2.44. The van der Waals surface area contributed by atoms with Crippen molar-refractivity contribution >= 4 is 5.69 Å². The number of hydrogen-bond donors (Lipinski definition) is 1. The van der Waals surface area contributed by atoms with Gasteiger partial charge in [0.25, 0.3) is 0 Å². The molecule has 0 unspecified atom stereocenters. The van der Waals surface area contributed by atoms with E-state index >= 15 is 0 Å². The molecule has 3 atom stereocenters. The number of anilines is 1. The Kier molecular flexibility index (Phi) is 2.86. The van der Waals surface area contributed by atoms with Gasteiger partial charge >= 0.3 is 0 Å². The molecule has 0 amide bonds. The fourth-order valence-electron chi connectivity index (χ4n) is 3.85. The van der Waals surface area contributed by atoms with Crippen molar-refractivity contribution in [3.05, 3.63) is 30.3 Å². The standard InChI is InChI=1S/C16H24N2/c1-12-9-10-14-15(11-12)17-18(16(14,2)3)13-7-5-4-6-8-13/h4-8,12,14-15,17H,9-11H2,1-3H3/t12-,14+,15+/m0/s1. The molecule has 1 heterocycles. The van der Waals surface area contributed by atoms with Crippen LogP contribution in [0.5, 0.6) is 0 Å². The molecule has 1 aromatic rings. The molecule has 1 saturated carbocycles. The van der Waals surface area contributed by atoms with Gasteiger partial charge < -0.3 is 5.01 Å². The number of hydrazine groups is 1. The summed E-state index contributed by atoms with van der Waals surface area (Å²) in [6.45, 7) is 7.15. The van der Waals surface area contributed by atoms with E-state index in [0.717, 1.165) is 11.8 Å². The van der Waals surface area contributed by atoms with E-state index < -0.39 is 0 Å². The molecule has 3 rings (SSSR count). The minimum Gasteiger partial charge on any atom is -0.302 e. The average molecular weight is 244 g/mol. The summed E-state index contributed by atoms with van der Waals surface area (Å²) in [4.78, 5) is 0. The molecule has 1 aliphatic carbocycles. The molecule has 0 aromatic heterocycles. The van der Waals surface area contributed by atoms with Crippen molar-refractivity contribution in [3.63, 3.8) is 0 Å². The quantitative estimate of drug-likeness (QED) is 0.812. The van der Waals surface area contributed by atoms with Gasteiger partial charge in [0.05, 0.1) is 11.2 Å². The van der Waals surface area contributed by atoms with Gasteiger partial charge in [-0.1, -0.05) is 31.5 Å². The van der Waals surface area contributed by atoms with Crippen molar-refractivity contribution in [1.29, 1.82) is 0 Å². The van der Waals surface area contributed by atoms with E-state index in [9.17, 15) is 0 Å². The van der Waals surface area contributed by atoms with Crippen LogP contribution < -0.4 is 10.4 Å². The van der Waals surface area contributed by atoms with E-state index in [1.54, 1.807) is 0 Å². The summed E-state index contributed by atoms with van der Waals surface area (Å²) in [5.41, 5.74) is 5.27. The molecule has 1 N–H and O–H groups in total. The predicted octanol–water partition coefficient (Wildman–Crippen LogP) is 3.59. The molecule has 2 aliphatic rings. The Morgan fingerprint density at radius 1 is 1.17 bits per heavy atom. The summed E-state index contributed by atoms with van der Waals surface area (Å²) >= 11 is 0. The maximum absolute atomic E-state index is 3.76. The number of para-hydroxylation sites is 1. The first-order valence-electron chi connectivity index (χ1n) is 7.20. The summed E-state index contributed by atoms with van der Waals surface area (Å²) < 4.78 is 0. The van der Waals surface area contributed by atoms with Gasteiger partial charge in [0.1, 0.15) is 0 Å². The lowest BCUT2D eigenvalue weighted by atomic mass is 9.72. The minimum absolute atomic E-state index is 0.214. The zero-order chi connectivity index (χ0) is 12.8. The van der Waals surface area contributed by atoms with Crippen molar-refractivity contribution in [2.75, 3.05) is 5.01 Å². The van der Waals surface area contributed by atoms with E-state index in [-0.39, 0.29) is 5.54 Å². The van der Waals surface area contributed by atoms with E-state index in [0.29, 0.717) is 6.04 Å². The molecule has 98 valence electrons. The first kappa shape index (κ1) is 12.0. The number of rotatable bonds is 1. The Balaban J connectivity index is 1.89. The topological polar surface area (TPSA) is 15.3 Å². The second-order valence-corrected chi connectivity index (χ2v) is 6.58. The van der Waals surface area contributed by atoms with Crippen LogP contribution in [-0.4, -0.2) is 11.6 Å². The van der Waals surface area contributed by atoms with Gasteiger partial charge in [-0.15, -0.1) is 0 Å². The van der Waals surface area contributed by atoms with E-state index in [2.05, 4.69) is 61.5 Å². The maximum Gasteiger partial charge on any atom is 0.0551 e. The molecule has 0 radical (unpaired) electrons. The van der Waals surface area contributed by atoms with Crippen molar-refractivity contribution in [3.8, 4) is 0 Å². The van der Waals surface area contributed by atoms with Gasteiger partial charge in [-0.25, -0.2) is 5.43 Å². The number of benzene rings is 1. The van der Waals surface area contributed by atoms with Gasteiger partial charge in [-0.05, 0) is 44.7 Å². The van der Waals surface area contributed by atoms with Crippen LogP contribution in [0.3, 0.4) is 0 Å². The largest absolute Gasteiger partial charge is 0.302 e. The van der Waals surface area contributed by atoms with Crippen molar-refractivity contribution in [1.82, 2.24) is 5.43 Å². The SMILES string of the molecule is C[C@H]1CC[C@@H]2[C@@H](C1)NN(c1ccccc1)C2(C)C. The number of nitrogens with one attached hydrogen (secondary N) is 1. The molecular weight excluding hydrogens is 220 g/mol. The molecule has 2 heteroatoms. The zero-order valence-electron chi connectivity index (χ0n) is 11.7. The van der Waals surface area contributed by atoms with Crippen LogP contribution in [-0.2, 0) is 0 Å². The normalized spacial score (nSPS) is 34.4. The molecule has 1 aromatic carbocycles. The van der Waals surface area contributed by atoms with Crippen molar-refractivity contribution in [2.45, 2.75) is 51.6 Å². The highest BCUT2D eigenvalue weighted by atomic mass is 15.6. The maximum atomic E-state index is 3.76. The van der Waals surface area contributed by atoms with Crippen molar-refractivity contribution in [2.24, 2.45) is 11.8 Å². The summed E-state index contributed by atoms with van der Waals surface area (Å²) in [7, 11) is 0. The number of nitrogens with zero attached hydrogens (tertiary/aromatic N) is 1. The molecular formula is C16H24N2. The monoisotopic (exact) mass is 244 g/mol. The van der Waals surface area contributed by atoms with Gasteiger partial charge in [-0.3, -0.25) is 0 Å². The highest BCUT2D eigenvalue weighted by Gasteiger charge is 2.49. The lowest BCUT2D eigenvalue weighted by Gasteiger charge is -2.38. The Labute approximate surface area is 110 Å². The summed E-state index contributed by atoms with van der Waals surface area (Å²) in [5.74, 6) is 1.64. The number of fused-ring (bicyclic) bond motifs is 1. The fraction of sp³-hybridized carbons (Fsp3) is 0.625. The van der Waals surface area contributed by atoms with Crippen LogP contribution in [0.2, 0.25) is 0 Å². The van der Waals surface area contributed by atoms with E-state index in [1.165, 1.54) is 24.9 Å². The molecule has 18 heavy (non-hydrogen) atoms. The van der Waals surface area contributed by atoms with Crippen molar-refractivity contribution < 1.29 is 0 Å². The minimum atomic E-state index is 0.214. The third-order valence-electron chi connectivity index (χ3n) is 4.91. The lowest BCUT2D eigenvalue weighted by molar-refractivity contribution is 0.219. The Bertz CT molecular complexity index is 412.